The number of carbonyl (C=O) groups excluding carboxylic acids is 2. The van der Waals surface area contributed by atoms with Crippen LogP contribution in [0.5, 0.6) is 0 Å². The minimum atomic E-state index is -0.465. The smallest absolute Gasteiger partial charge is 0.317 e. The highest BCUT2D eigenvalue weighted by atomic mass is 32.2. The average Bonchev–Trinajstić information content (AvgIpc) is 2.67. The Kier molecular flexibility index (Phi) is 8.25. The fraction of sp³-hybridized carbons (Fsp3) is 0.500. The molecule has 3 amide bonds. The van der Waals surface area contributed by atoms with E-state index in [4.69, 9.17) is 10.00 Å². The Morgan fingerprint density at radius 2 is 2.04 bits per heavy atom. The summed E-state index contributed by atoms with van der Waals surface area (Å²) in [4.78, 5) is 26.2. The third-order valence-corrected chi connectivity index (χ3v) is 5.33. The molecule has 8 heteroatoms. The monoisotopic (exact) mass is 376 g/mol. The lowest BCUT2D eigenvalue weighted by Crippen LogP contribution is -2.49. The second-order valence-electron chi connectivity index (χ2n) is 5.89. The summed E-state index contributed by atoms with van der Waals surface area (Å²) in [5.74, 6) is 0.414. The summed E-state index contributed by atoms with van der Waals surface area (Å²) in [5, 5.41) is 13.6. The van der Waals surface area contributed by atoms with E-state index in [9.17, 15) is 9.59 Å². The van der Waals surface area contributed by atoms with Crippen LogP contribution in [-0.2, 0) is 15.3 Å². The molecular weight excluding hydrogens is 352 g/mol. The van der Waals surface area contributed by atoms with Gasteiger partial charge in [0, 0.05) is 25.4 Å². The van der Waals surface area contributed by atoms with Crippen molar-refractivity contribution in [2.24, 2.45) is 0 Å². The van der Waals surface area contributed by atoms with Crippen LogP contribution in [0.25, 0.3) is 0 Å². The quantitative estimate of drug-likeness (QED) is 0.699. The zero-order valence-electron chi connectivity index (χ0n) is 14.9. The van der Waals surface area contributed by atoms with Crippen molar-refractivity contribution in [3.8, 4) is 6.07 Å². The number of nitrogens with one attached hydrogen (secondary N) is 2. The van der Waals surface area contributed by atoms with Crippen molar-refractivity contribution in [1.82, 2.24) is 15.5 Å². The molecule has 1 unspecified atom stereocenters. The van der Waals surface area contributed by atoms with E-state index in [2.05, 4.69) is 10.6 Å². The molecule has 1 atom stereocenters. The van der Waals surface area contributed by atoms with Crippen molar-refractivity contribution in [3.05, 3.63) is 35.4 Å². The van der Waals surface area contributed by atoms with E-state index in [1.165, 1.54) is 11.8 Å². The number of thioether (sulfide) groups is 1. The van der Waals surface area contributed by atoms with Crippen LogP contribution >= 0.6 is 11.8 Å². The molecular formula is C18H24N4O3S. The van der Waals surface area contributed by atoms with Gasteiger partial charge in [0.2, 0.25) is 5.91 Å². The number of rotatable bonds is 7. The molecule has 2 rings (SSSR count). The Bertz CT molecular complexity index is 656. The van der Waals surface area contributed by atoms with Crippen LogP contribution in [0.2, 0.25) is 0 Å². The second kappa shape index (κ2) is 10.7. The third kappa shape index (κ3) is 6.24. The number of hydrogen-bond donors (Lipinski definition) is 2. The number of amides is 3. The molecule has 0 radical (unpaired) electrons. The summed E-state index contributed by atoms with van der Waals surface area (Å²) < 4.78 is 5.24. The number of nitrogens with zero attached hydrogens (tertiary/aromatic N) is 2. The Labute approximate surface area is 158 Å². The number of aryl methyl sites for hydroxylation is 1. The van der Waals surface area contributed by atoms with Crippen molar-refractivity contribution in [3.63, 3.8) is 0 Å². The lowest BCUT2D eigenvalue weighted by Gasteiger charge is -2.27. The number of urea groups is 1. The van der Waals surface area contributed by atoms with Crippen molar-refractivity contribution in [1.29, 1.82) is 5.26 Å². The van der Waals surface area contributed by atoms with Crippen LogP contribution in [0.4, 0.5) is 4.79 Å². The van der Waals surface area contributed by atoms with E-state index in [0.29, 0.717) is 32.1 Å². The molecule has 1 aliphatic heterocycles. The first-order chi connectivity index (χ1) is 12.6. The van der Waals surface area contributed by atoms with Gasteiger partial charge in [-0.3, -0.25) is 4.79 Å². The summed E-state index contributed by atoms with van der Waals surface area (Å²) in [5.41, 5.74) is 2.31. The maximum atomic E-state index is 12.3. The van der Waals surface area contributed by atoms with E-state index < -0.39 is 5.25 Å². The van der Waals surface area contributed by atoms with Gasteiger partial charge in [0.15, 0.2) is 0 Å². The van der Waals surface area contributed by atoms with E-state index >= 15 is 0 Å². The summed E-state index contributed by atoms with van der Waals surface area (Å²) in [6.45, 7) is 4.35. The molecule has 0 aliphatic carbocycles. The largest absolute Gasteiger partial charge is 0.378 e. The number of morpholine rings is 1. The normalized spacial score (nSPS) is 15.0. The summed E-state index contributed by atoms with van der Waals surface area (Å²) >= 11 is 1.46. The highest BCUT2D eigenvalue weighted by Crippen LogP contribution is 2.20. The molecule has 0 spiro atoms. The van der Waals surface area contributed by atoms with E-state index in [1.807, 2.05) is 37.3 Å². The third-order valence-electron chi connectivity index (χ3n) is 4.07. The van der Waals surface area contributed by atoms with Gasteiger partial charge in [0.05, 0.1) is 19.3 Å². The van der Waals surface area contributed by atoms with Crippen LogP contribution < -0.4 is 10.6 Å². The molecule has 7 nitrogen and oxygen atoms in total. The predicted molar refractivity (Wildman–Crippen MR) is 101 cm³/mol. The molecule has 1 aromatic rings. The molecule has 140 valence electrons. The standard InChI is InChI=1S/C18H24N4O3S/c1-14-4-2-3-5-15(14)13-26-16(17(23)20-7-6-19)12-21-18(24)22-8-10-25-11-9-22/h2-5,16H,7-13H2,1H3,(H,20,23)(H,21,24). The molecule has 26 heavy (non-hydrogen) atoms. The van der Waals surface area contributed by atoms with Crippen LogP contribution in [-0.4, -0.2) is 61.5 Å². The van der Waals surface area contributed by atoms with Crippen LogP contribution in [0.15, 0.2) is 24.3 Å². The first kappa shape index (κ1) is 20.1. The molecule has 0 saturated carbocycles. The molecule has 0 bridgehead atoms. The fourth-order valence-electron chi connectivity index (χ4n) is 2.49. The van der Waals surface area contributed by atoms with Gasteiger partial charge >= 0.3 is 6.03 Å². The van der Waals surface area contributed by atoms with Crippen molar-refractivity contribution in [2.75, 3.05) is 39.4 Å². The number of carbonyl (C=O) groups is 2. The highest BCUT2D eigenvalue weighted by Gasteiger charge is 2.22. The Morgan fingerprint density at radius 3 is 2.73 bits per heavy atom. The maximum Gasteiger partial charge on any atom is 0.317 e. The van der Waals surface area contributed by atoms with Gasteiger partial charge in [-0.2, -0.15) is 5.26 Å². The van der Waals surface area contributed by atoms with Crippen molar-refractivity contribution < 1.29 is 14.3 Å². The van der Waals surface area contributed by atoms with Gasteiger partial charge < -0.3 is 20.3 Å². The minimum Gasteiger partial charge on any atom is -0.378 e. The summed E-state index contributed by atoms with van der Waals surface area (Å²) in [6.07, 6.45) is 0. The highest BCUT2D eigenvalue weighted by molar-refractivity contribution is 7.99. The Morgan fingerprint density at radius 1 is 1.31 bits per heavy atom. The van der Waals surface area contributed by atoms with Gasteiger partial charge in [0.1, 0.15) is 11.8 Å². The van der Waals surface area contributed by atoms with Crippen LogP contribution in [0, 0.1) is 18.3 Å². The molecule has 1 fully saturated rings. The molecule has 1 saturated heterocycles. The van der Waals surface area contributed by atoms with Gasteiger partial charge in [0.25, 0.3) is 0 Å². The van der Waals surface area contributed by atoms with Crippen molar-refractivity contribution >= 4 is 23.7 Å². The van der Waals surface area contributed by atoms with Gasteiger partial charge in [-0.15, -0.1) is 11.8 Å². The lowest BCUT2D eigenvalue weighted by molar-refractivity contribution is -0.120. The maximum absolute atomic E-state index is 12.3. The van der Waals surface area contributed by atoms with Crippen molar-refractivity contribution in [2.45, 2.75) is 17.9 Å². The lowest BCUT2D eigenvalue weighted by atomic mass is 10.1. The molecule has 0 aromatic heterocycles. The molecule has 1 aliphatic rings. The molecule has 1 heterocycles. The van der Waals surface area contributed by atoms with Gasteiger partial charge in [-0.05, 0) is 18.1 Å². The number of nitriles is 1. The summed E-state index contributed by atoms with van der Waals surface area (Å²) in [6, 6.07) is 9.71. The Balaban J connectivity index is 1.92. The zero-order valence-corrected chi connectivity index (χ0v) is 15.7. The number of benzene rings is 1. The first-order valence-corrected chi connectivity index (χ1v) is 9.58. The number of hydrogen-bond acceptors (Lipinski definition) is 5. The van der Waals surface area contributed by atoms with Gasteiger partial charge in [-0.1, -0.05) is 24.3 Å². The topological polar surface area (TPSA) is 94.5 Å². The zero-order chi connectivity index (χ0) is 18.8. The fourth-order valence-corrected chi connectivity index (χ4v) is 3.63. The molecule has 2 N–H and O–H groups in total. The average molecular weight is 376 g/mol. The van der Waals surface area contributed by atoms with Gasteiger partial charge in [-0.25, -0.2) is 4.79 Å². The Hall–Kier alpha value is -2.24. The van der Waals surface area contributed by atoms with E-state index in [1.54, 1.807) is 4.90 Å². The first-order valence-electron chi connectivity index (χ1n) is 8.53. The minimum absolute atomic E-state index is 0.0440. The SMILES string of the molecule is Cc1ccccc1CSC(CNC(=O)N1CCOCC1)C(=O)NCC#N. The second-order valence-corrected chi connectivity index (χ2v) is 7.08. The molecule has 1 aromatic carbocycles. The van der Waals surface area contributed by atoms with E-state index in [0.717, 1.165) is 11.1 Å². The van der Waals surface area contributed by atoms with Crippen LogP contribution in [0.3, 0.4) is 0 Å². The van der Waals surface area contributed by atoms with E-state index in [-0.39, 0.29) is 25.0 Å². The van der Waals surface area contributed by atoms with Crippen LogP contribution in [0.1, 0.15) is 11.1 Å². The summed E-state index contributed by atoms with van der Waals surface area (Å²) in [7, 11) is 0. The number of ether oxygens (including phenoxy) is 1. The predicted octanol–water partition coefficient (Wildman–Crippen LogP) is 1.28.